The second kappa shape index (κ2) is 74.3. The number of likely N-dealkylation sites (N-methyl/N-ethyl adjacent to an activating group) is 1. The van der Waals surface area contributed by atoms with Crippen LogP contribution in [0.4, 0.5) is 0 Å². The van der Waals surface area contributed by atoms with Gasteiger partial charge in [0.1, 0.15) is 13.2 Å². The number of aliphatic carboxylic acids is 1. The van der Waals surface area contributed by atoms with Gasteiger partial charge in [-0.3, -0.25) is 9.59 Å². The SMILES string of the molecule is CC/C=C\C/C=C\C/C=C\C/C=C\C/C=C\C/C=C\CCCCCCCCCCCCCCCCCCCCC(=O)OC(COC(=O)CCCCCCCCCCCCCCCCCCCCC/C=C\CCCCCCCCCC)COC(OCC[N+](C)(C)C)C(=O)[O-]. The number of carboxylic acids is 1. The minimum atomic E-state index is -1.62. The molecule has 540 valence electrons. The van der Waals surface area contributed by atoms with E-state index >= 15 is 0 Å². The summed E-state index contributed by atoms with van der Waals surface area (Å²) in [6.45, 7) is 4.69. The molecule has 0 fully saturated rings. The molecule has 0 rings (SSSR count). The second-order valence-electron chi connectivity index (χ2n) is 28.0. The molecule has 0 aliphatic rings. The summed E-state index contributed by atoms with van der Waals surface area (Å²) in [5, 5.41) is 11.9. The van der Waals surface area contributed by atoms with Crippen molar-refractivity contribution in [3.63, 3.8) is 0 Å². The van der Waals surface area contributed by atoms with Crippen LogP contribution in [-0.4, -0.2) is 82.3 Å². The van der Waals surface area contributed by atoms with Gasteiger partial charge < -0.3 is 33.3 Å². The Bertz CT molecular complexity index is 1810. The van der Waals surface area contributed by atoms with Gasteiger partial charge in [-0.1, -0.05) is 356 Å². The fourth-order valence-corrected chi connectivity index (χ4v) is 11.6. The van der Waals surface area contributed by atoms with E-state index in [-0.39, 0.29) is 32.2 Å². The highest BCUT2D eigenvalue weighted by Crippen LogP contribution is 2.19. The van der Waals surface area contributed by atoms with Crippen LogP contribution < -0.4 is 5.11 Å². The van der Waals surface area contributed by atoms with Crippen molar-refractivity contribution >= 4 is 17.9 Å². The fourth-order valence-electron chi connectivity index (χ4n) is 11.6. The molecule has 0 heterocycles. The Kier molecular flexibility index (Phi) is 71.4. The Morgan fingerprint density at radius 2 is 0.613 bits per heavy atom. The number of ether oxygens (including phenoxy) is 4. The van der Waals surface area contributed by atoms with Crippen LogP contribution >= 0.6 is 0 Å². The van der Waals surface area contributed by atoms with Crippen molar-refractivity contribution in [3.05, 3.63) is 85.1 Å². The zero-order valence-corrected chi connectivity index (χ0v) is 61.9. The number of allylic oxidation sites excluding steroid dienone is 14. The van der Waals surface area contributed by atoms with Gasteiger partial charge >= 0.3 is 11.9 Å². The predicted molar refractivity (Wildman–Crippen MR) is 398 cm³/mol. The molecule has 0 aromatic heterocycles. The molecule has 9 nitrogen and oxygen atoms in total. The lowest BCUT2D eigenvalue weighted by Gasteiger charge is -2.26. The molecule has 2 atom stereocenters. The Hall–Kier alpha value is -3.53. The average Bonchev–Trinajstić information content (AvgIpc) is 3.73. The Balaban J connectivity index is 4.01. The first-order valence-corrected chi connectivity index (χ1v) is 39.7. The zero-order chi connectivity index (χ0) is 67.5. The third-order valence-corrected chi connectivity index (χ3v) is 17.6. The zero-order valence-electron chi connectivity index (χ0n) is 61.9. The van der Waals surface area contributed by atoms with E-state index in [4.69, 9.17) is 18.9 Å². The first-order chi connectivity index (χ1) is 45.6. The standard InChI is InChI=1S/C84H151NO8/c1-6-8-10-12-14-16-18-20-22-24-26-28-30-32-34-36-38-39-40-41-42-43-45-47-49-51-53-55-57-59-61-63-65-67-69-71-73-75-82(87)93-80(79-92-84(83(88)89)90-77-76-85(3,4)5)78-91-81(86)74-72-70-68-66-64-62-60-58-56-54-52-50-48-46-44-37-35-33-31-29-27-25-23-21-19-17-15-13-11-9-7-2/h8,10,14,16,20,22,25-28,32,34,38-39,80,84H,6-7,9,11-13,15,17-19,21,23-24,29-31,33,35-37,40-79H2,1-5H3/b10-8-,16-14-,22-20-,27-25-,28-26-,34-32-,39-38-. The van der Waals surface area contributed by atoms with Crippen molar-refractivity contribution in [2.75, 3.05) is 47.5 Å². The number of hydrogen-bond donors (Lipinski definition) is 0. The lowest BCUT2D eigenvalue weighted by molar-refractivity contribution is -0.870. The Labute approximate surface area is 576 Å². The summed E-state index contributed by atoms with van der Waals surface area (Å²) in [5.74, 6) is -2.26. The molecule has 0 radical (unpaired) electrons. The molecule has 0 aromatic carbocycles. The third-order valence-electron chi connectivity index (χ3n) is 17.6. The number of carbonyl (C=O) groups is 3. The van der Waals surface area contributed by atoms with Crippen molar-refractivity contribution in [3.8, 4) is 0 Å². The minimum absolute atomic E-state index is 0.148. The molecule has 0 aliphatic carbocycles. The van der Waals surface area contributed by atoms with Crippen LogP contribution in [0.1, 0.15) is 373 Å². The summed E-state index contributed by atoms with van der Waals surface area (Å²) in [6.07, 6.45) is 98.4. The van der Waals surface area contributed by atoms with Gasteiger partial charge in [0.2, 0.25) is 0 Å². The number of rotatable bonds is 74. The van der Waals surface area contributed by atoms with Crippen LogP contribution in [0.25, 0.3) is 0 Å². The number of quaternary nitrogens is 1. The molecule has 0 aliphatic heterocycles. The van der Waals surface area contributed by atoms with Crippen LogP contribution in [0.3, 0.4) is 0 Å². The molecule has 93 heavy (non-hydrogen) atoms. The highest BCUT2D eigenvalue weighted by atomic mass is 16.7. The smallest absolute Gasteiger partial charge is 0.306 e. The van der Waals surface area contributed by atoms with Gasteiger partial charge in [0, 0.05) is 12.8 Å². The summed E-state index contributed by atoms with van der Waals surface area (Å²) in [4.78, 5) is 37.6. The van der Waals surface area contributed by atoms with E-state index < -0.39 is 24.3 Å². The van der Waals surface area contributed by atoms with Gasteiger partial charge in [-0.25, -0.2) is 0 Å². The maximum atomic E-state index is 13.0. The maximum Gasteiger partial charge on any atom is 0.306 e. The topological polar surface area (TPSA) is 111 Å². The first-order valence-electron chi connectivity index (χ1n) is 39.7. The van der Waals surface area contributed by atoms with Gasteiger partial charge in [-0.2, -0.15) is 0 Å². The minimum Gasteiger partial charge on any atom is -0.545 e. The normalized spacial score (nSPS) is 13.1. The second-order valence-corrected chi connectivity index (χ2v) is 28.0. The van der Waals surface area contributed by atoms with Gasteiger partial charge in [-0.15, -0.1) is 0 Å². The van der Waals surface area contributed by atoms with Crippen molar-refractivity contribution in [2.24, 2.45) is 0 Å². The molecule has 0 N–H and O–H groups in total. The number of carbonyl (C=O) groups excluding carboxylic acids is 3. The van der Waals surface area contributed by atoms with Crippen molar-refractivity contribution in [1.82, 2.24) is 0 Å². The number of esters is 2. The first kappa shape index (κ1) is 89.5. The molecule has 0 amide bonds. The molecule has 9 heteroatoms. The molecule has 0 aromatic rings. The van der Waals surface area contributed by atoms with E-state index in [1.165, 1.54) is 270 Å². The van der Waals surface area contributed by atoms with Crippen LogP contribution in [-0.2, 0) is 33.3 Å². The number of nitrogens with zero attached hydrogens (tertiary/aromatic N) is 1. The lowest BCUT2D eigenvalue weighted by Crippen LogP contribution is -2.44. The molecular formula is C84H151NO8. The van der Waals surface area contributed by atoms with E-state index in [0.29, 0.717) is 23.9 Å². The van der Waals surface area contributed by atoms with E-state index in [0.717, 1.165) is 70.6 Å². The largest absolute Gasteiger partial charge is 0.545 e. The lowest BCUT2D eigenvalue weighted by atomic mass is 10.0. The number of carboxylic acid groups (broad SMARTS) is 1. The van der Waals surface area contributed by atoms with Crippen LogP contribution in [0, 0.1) is 0 Å². The van der Waals surface area contributed by atoms with Gasteiger partial charge in [0.15, 0.2) is 12.4 Å². The quantitative estimate of drug-likeness (QED) is 0.0195. The molecule has 0 bridgehead atoms. The van der Waals surface area contributed by atoms with Crippen molar-refractivity contribution < 1.29 is 42.9 Å². The summed E-state index contributed by atoms with van der Waals surface area (Å²) < 4.78 is 22.9. The molecule has 0 saturated heterocycles. The Morgan fingerprint density at radius 1 is 0.333 bits per heavy atom. The number of hydrogen-bond acceptors (Lipinski definition) is 8. The monoisotopic (exact) mass is 1300 g/mol. The van der Waals surface area contributed by atoms with Crippen LogP contribution in [0.5, 0.6) is 0 Å². The van der Waals surface area contributed by atoms with Crippen molar-refractivity contribution in [1.29, 1.82) is 0 Å². The van der Waals surface area contributed by atoms with Crippen LogP contribution in [0.2, 0.25) is 0 Å². The van der Waals surface area contributed by atoms with Gasteiger partial charge in [0.25, 0.3) is 0 Å². The summed E-state index contributed by atoms with van der Waals surface area (Å²) in [6, 6.07) is 0. The number of unbranched alkanes of at least 4 members (excludes halogenated alkanes) is 45. The van der Waals surface area contributed by atoms with E-state index in [2.05, 4.69) is 98.9 Å². The summed E-state index contributed by atoms with van der Waals surface area (Å²) in [7, 11) is 5.95. The van der Waals surface area contributed by atoms with Crippen LogP contribution in [0.15, 0.2) is 85.1 Å². The van der Waals surface area contributed by atoms with E-state index in [1.807, 2.05) is 21.1 Å². The summed E-state index contributed by atoms with van der Waals surface area (Å²) >= 11 is 0. The molecule has 0 spiro atoms. The van der Waals surface area contributed by atoms with Gasteiger partial charge in [-0.05, 0) is 89.9 Å². The highest BCUT2D eigenvalue weighted by molar-refractivity contribution is 5.70. The maximum absolute atomic E-state index is 13.0. The third kappa shape index (κ3) is 75.7. The molecule has 2 unspecified atom stereocenters. The van der Waals surface area contributed by atoms with Crippen molar-refractivity contribution in [2.45, 2.75) is 386 Å². The average molecular weight is 1300 g/mol. The predicted octanol–water partition coefficient (Wildman–Crippen LogP) is 24.0. The Morgan fingerprint density at radius 3 is 0.925 bits per heavy atom. The fraction of sp³-hybridized carbons (Fsp3) is 0.798. The van der Waals surface area contributed by atoms with E-state index in [1.54, 1.807) is 0 Å². The molecular weight excluding hydrogens is 1150 g/mol. The van der Waals surface area contributed by atoms with Gasteiger partial charge in [0.05, 0.1) is 40.3 Å². The molecule has 0 saturated carbocycles. The highest BCUT2D eigenvalue weighted by Gasteiger charge is 2.22. The van der Waals surface area contributed by atoms with E-state index in [9.17, 15) is 19.5 Å². The summed E-state index contributed by atoms with van der Waals surface area (Å²) in [5.41, 5.74) is 0.